The van der Waals surface area contributed by atoms with Gasteiger partial charge in [0.25, 0.3) is 0 Å². The maximum absolute atomic E-state index is 13.8. The summed E-state index contributed by atoms with van der Waals surface area (Å²) in [6.07, 6.45) is 3.46. The van der Waals surface area contributed by atoms with Crippen LogP contribution < -0.4 is 9.62 Å². The van der Waals surface area contributed by atoms with E-state index < -0.39 is 27.7 Å². The fourth-order valence-corrected chi connectivity index (χ4v) is 3.57. The molecule has 1 aromatic carbocycles. The number of carbonyl (C=O) groups excluding carboxylic acids is 1. The molecule has 2 heterocycles. The molecule has 1 amide bonds. The van der Waals surface area contributed by atoms with Gasteiger partial charge in [0.2, 0.25) is 21.6 Å². The smallest absolute Gasteiger partial charge is 0.238 e. The largest absolute Gasteiger partial charge is 0.355 e. The number of nitrogens with zero attached hydrogens (tertiary/aromatic N) is 4. The lowest BCUT2D eigenvalue weighted by molar-refractivity contribution is -0.123. The minimum atomic E-state index is -3.62. The van der Waals surface area contributed by atoms with Crippen LogP contribution in [0.25, 0.3) is 15.7 Å². The minimum absolute atomic E-state index is 0.128. The molecule has 1 aromatic heterocycles. The third-order valence-corrected chi connectivity index (χ3v) is 4.75. The number of carbonyl (C=O) groups is 1. The molecule has 8 nitrogen and oxygen atoms in total. The van der Waals surface area contributed by atoms with Crippen molar-refractivity contribution < 1.29 is 17.6 Å². The predicted octanol–water partition coefficient (Wildman–Crippen LogP) is 1.61. The molecule has 0 saturated carbocycles. The summed E-state index contributed by atoms with van der Waals surface area (Å²) in [6, 6.07) is 2.58. The highest BCUT2D eigenvalue weighted by atomic mass is 32.2. The lowest BCUT2D eigenvalue weighted by atomic mass is 9.97. The molecule has 0 radical (unpaired) electrons. The summed E-state index contributed by atoms with van der Waals surface area (Å²) in [5.41, 5.74) is 0.236. The van der Waals surface area contributed by atoms with Gasteiger partial charge in [-0.05, 0) is 25.0 Å². The van der Waals surface area contributed by atoms with E-state index in [0.717, 1.165) is 6.26 Å². The molecule has 1 atom stereocenters. The first kappa shape index (κ1) is 18.0. The van der Waals surface area contributed by atoms with E-state index in [1.165, 1.54) is 18.5 Å². The molecular formula is C16H16FN5O3S. The maximum atomic E-state index is 13.8. The van der Waals surface area contributed by atoms with E-state index in [4.69, 9.17) is 6.57 Å². The highest BCUT2D eigenvalue weighted by Crippen LogP contribution is 2.31. The molecular weight excluding hydrogens is 361 g/mol. The molecule has 0 bridgehead atoms. The second-order valence-electron chi connectivity index (χ2n) is 6.15. The summed E-state index contributed by atoms with van der Waals surface area (Å²) < 4.78 is 38.4. The second-order valence-corrected chi connectivity index (χ2v) is 7.90. The number of hydrogen-bond acceptors (Lipinski definition) is 6. The number of sulfonamides is 1. The van der Waals surface area contributed by atoms with Gasteiger partial charge in [-0.2, -0.15) is 0 Å². The highest BCUT2D eigenvalue weighted by Gasteiger charge is 2.29. The monoisotopic (exact) mass is 377 g/mol. The SMILES string of the molecule is [C-]#[N+]c1cc2c(N3CCCC(C(=O)NS(C)(=O)=O)C3)ncnc2cc1F. The van der Waals surface area contributed by atoms with E-state index in [-0.39, 0.29) is 12.2 Å². The van der Waals surface area contributed by atoms with Gasteiger partial charge in [0, 0.05) is 18.5 Å². The van der Waals surface area contributed by atoms with Gasteiger partial charge in [-0.15, -0.1) is 0 Å². The van der Waals surface area contributed by atoms with Gasteiger partial charge in [-0.1, -0.05) is 0 Å². The average Bonchev–Trinajstić information content (AvgIpc) is 2.59. The summed E-state index contributed by atoms with van der Waals surface area (Å²) in [4.78, 5) is 25.4. The van der Waals surface area contributed by atoms with E-state index in [9.17, 15) is 17.6 Å². The van der Waals surface area contributed by atoms with Crippen molar-refractivity contribution in [3.05, 3.63) is 35.7 Å². The van der Waals surface area contributed by atoms with E-state index in [1.807, 2.05) is 9.62 Å². The zero-order chi connectivity index (χ0) is 18.9. The molecule has 0 aliphatic carbocycles. The standard InChI is InChI=1S/C16H16FN5O3S/c1-18-14-6-11-13(7-12(14)17)19-9-20-15(11)22-5-3-4-10(8-22)16(23)21-26(2,24)25/h6-7,9-10H,3-5,8H2,2H3,(H,21,23). The van der Waals surface area contributed by atoms with E-state index in [2.05, 4.69) is 14.8 Å². The Labute approximate surface area is 149 Å². The van der Waals surface area contributed by atoms with Crippen LogP contribution in [-0.2, 0) is 14.8 Å². The fraction of sp³-hybridized carbons (Fsp3) is 0.375. The third kappa shape index (κ3) is 3.72. The summed E-state index contributed by atoms with van der Waals surface area (Å²) >= 11 is 0. The van der Waals surface area contributed by atoms with Crippen LogP contribution in [-0.4, -0.2) is 43.6 Å². The Hall–Kier alpha value is -2.80. The van der Waals surface area contributed by atoms with Crippen LogP contribution in [0.15, 0.2) is 18.5 Å². The van der Waals surface area contributed by atoms with Crippen molar-refractivity contribution in [3.8, 4) is 0 Å². The summed E-state index contributed by atoms with van der Waals surface area (Å²) in [5.74, 6) is -1.22. The maximum Gasteiger partial charge on any atom is 0.238 e. The number of amides is 1. The minimum Gasteiger partial charge on any atom is -0.355 e. The van der Waals surface area contributed by atoms with Crippen LogP contribution in [0.5, 0.6) is 0 Å². The number of hydrogen-bond donors (Lipinski definition) is 1. The summed E-state index contributed by atoms with van der Waals surface area (Å²) in [7, 11) is -3.62. The van der Waals surface area contributed by atoms with Gasteiger partial charge in [0.15, 0.2) is 0 Å². The second kappa shape index (κ2) is 6.84. The number of benzene rings is 1. The predicted molar refractivity (Wildman–Crippen MR) is 93.7 cm³/mol. The Balaban J connectivity index is 1.94. The number of anilines is 1. The zero-order valence-corrected chi connectivity index (χ0v) is 14.8. The van der Waals surface area contributed by atoms with Crippen molar-refractivity contribution >= 4 is 38.3 Å². The quantitative estimate of drug-likeness (QED) is 0.817. The zero-order valence-electron chi connectivity index (χ0n) is 13.9. The molecule has 10 heteroatoms. The average molecular weight is 377 g/mol. The van der Waals surface area contributed by atoms with Crippen molar-refractivity contribution in [3.63, 3.8) is 0 Å². The molecule has 1 unspecified atom stereocenters. The topological polar surface area (TPSA) is 96.6 Å². The highest BCUT2D eigenvalue weighted by molar-refractivity contribution is 7.89. The van der Waals surface area contributed by atoms with Crippen molar-refractivity contribution in [2.24, 2.45) is 5.92 Å². The van der Waals surface area contributed by atoms with Crippen molar-refractivity contribution in [2.45, 2.75) is 12.8 Å². The number of piperidine rings is 1. The summed E-state index contributed by atoms with van der Waals surface area (Å²) in [5, 5.41) is 0.518. The lowest BCUT2D eigenvalue weighted by Gasteiger charge is -2.33. The Morgan fingerprint density at radius 2 is 2.19 bits per heavy atom. The van der Waals surface area contributed by atoms with Crippen molar-refractivity contribution in [2.75, 3.05) is 24.2 Å². The van der Waals surface area contributed by atoms with E-state index in [0.29, 0.717) is 36.1 Å². The molecule has 136 valence electrons. The Morgan fingerprint density at radius 1 is 1.42 bits per heavy atom. The lowest BCUT2D eigenvalue weighted by Crippen LogP contribution is -2.44. The van der Waals surface area contributed by atoms with Crippen LogP contribution >= 0.6 is 0 Å². The molecule has 1 N–H and O–H groups in total. The van der Waals surface area contributed by atoms with E-state index in [1.54, 1.807) is 0 Å². The van der Waals surface area contributed by atoms with Gasteiger partial charge in [0.05, 0.1) is 24.3 Å². The van der Waals surface area contributed by atoms with Crippen molar-refractivity contribution in [1.29, 1.82) is 0 Å². The molecule has 1 aliphatic rings. The van der Waals surface area contributed by atoms with E-state index >= 15 is 0 Å². The first-order valence-corrected chi connectivity index (χ1v) is 9.76. The Bertz CT molecular complexity index is 1020. The van der Waals surface area contributed by atoms with Gasteiger partial charge >= 0.3 is 0 Å². The molecule has 1 fully saturated rings. The van der Waals surface area contributed by atoms with Gasteiger partial charge in [0.1, 0.15) is 18.0 Å². The van der Waals surface area contributed by atoms with Crippen LogP contribution in [0.3, 0.4) is 0 Å². The Kier molecular flexibility index (Phi) is 4.73. The summed E-state index contributed by atoms with van der Waals surface area (Å²) in [6.45, 7) is 7.95. The Morgan fingerprint density at radius 3 is 2.88 bits per heavy atom. The van der Waals surface area contributed by atoms with Crippen LogP contribution in [0, 0.1) is 18.3 Å². The molecule has 26 heavy (non-hydrogen) atoms. The number of rotatable bonds is 3. The van der Waals surface area contributed by atoms with Crippen LogP contribution in [0.4, 0.5) is 15.9 Å². The first-order chi connectivity index (χ1) is 12.3. The molecule has 3 rings (SSSR count). The molecule has 2 aromatic rings. The van der Waals surface area contributed by atoms with Gasteiger partial charge < -0.3 is 4.90 Å². The van der Waals surface area contributed by atoms with Gasteiger partial charge in [-0.25, -0.2) is 27.6 Å². The molecule has 0 spiro atoms. The normalized spacial score (nSPS) is 17.7. The molecule has 1 saturated heterocycles. The number of aromatic nitrogens is 2. The number of nitrogens with one attached hydrogen (secondary N) is 1. The first-order valence-electron chi connectivity index (χ1n) is 7.87. The number of fused-ring (bicyclic) bond motifs is 1. The van der Waals surface area contributed by atoms with Crippen LogP contribution in [0.2, 0.25) is 0 Å². The number of halogens is 1. The van der Waals surface area contributed by atoms with Crippen LogP contribution in [0.1, 0.15) is 12.8 Å². The van der Waals surface area contributed by atoms with Crippen molar-refractivity contribution in [1.82, 2.24) is 14.7 Å². The third-order valence-electron chi connectivity index (χ3n) is 4.18. The van der Waals surface area contributed by atoms with Gasteiger partial charge in [-0.3, -0.25) is 9.52 Å². The fourth-order valence-electron chi connectivity index (χ4n) is 3.04. The molecule has 1 aliphatic heterocycles.